The zero-order valence-electron chi connectivity index (χ0n) is 12.4. The molecule has 0 spiro atoms. The Labute approximate surface area is 117 Å². The fourth-order valence-corrected chi connectivity index (χ4v) is 1.70. The molecule has 0 radical (unpaired) electrons. The van der Waals surface area contributed by atoms with Crippen LogP contribution in [0.1, 0.15) is 45.6 Å². The number of nitrogens with two attached hydrogens (primary N) is 1. The molecule has 1 rings (SSSR count). The molecule has 0 aromatic heterocycles. The predicted octanol–water partition coefficient (Wildman–Crippen LogP) is 3.62. The van der Waals surface area contributed by atoms with E-state index in [4.69, 9.17) is 5.73 Å². The van der Waals surface area contributed by atoms with Crippen LogP contribution in [0.5, 0.6) is 0 Å². The summed E-state index contributed by atoms with van der Waals surface area (Å²) in [5.74, 6) is 6.86. The van der Waals surface area contributed by atoms with Gasteiger partial charge in [-0.2, -0.15) is 0 Å². The number of anilines is 1. The van der Waals surface area contributed by atoms with Crippen molar-refractivity contribution in [1.29, 1.82) is 0 Å². The monoisotopic (exact) mass is 258 g/mol. The van der Waals surface area contributed by atoms with E-state index in [0.717, 1.165) is 37.1 Å². The third-order valence-electron chi connectivity index (χ3n) is 3.41. The van der Waals surface area contributed by atoms with Gasteiger partial charge in [-0.25, -0.2) is 0 Å². The maximum Gasteiger partial charge on any atom is 0.0341 e. The van der Waals surface area contributed by atoms with Crippen molar-refractivity contribution in [3.63, 3.8) is 0 Å². The van der Waals surface area contributed by atoms with Gasteiger partial charge in [-0.1, -0.05) is 39.0 Å². The van der Waals surface area contributed by atoms with Crippen molar-refractivity contribution in [2.45, 2.75) is 46.1 Å². The average Bonchev–Trinajstić information content (AvgIpc) is 2.45. The summed E-state index contributed by atoms with van der Waals surface area (Å²) in [4.78, 5) is 0. The predicted molar refractivity (Wildman–Crippen MR) is 84.1 cm³/mol. The first kappa shape index (κ1) is 15.6. The molecular formula is C17H26N2. The van der Waals surface area contributed by atoms with Crippen molar-refractivity contribution in [1.82, 2.24) is 0 Å². The van der Waals surface area contributed by atoms with Crippen LogP contribution < -0.4 is 11.1 Å². The Hall–Kier alpha value is -1.46. The molecule has 1 aromatic carbocycles. The van der Waals surface area contributed by atoms with Crippen molar-refractivity contribution >= 4 is 5.69 Å². The standard InChI is InChI=1S/C17H26N2/c1-4-6-7-8-15-9-11-16(12-10-15)19-13-17(18)14(3)5-2/h9-12,14,17,19H,4-6,13,18H2,1-3H3/t14-,17+/m0/s1. The summed E-state index contributed by atoms with van der Waals surface area (Å²) in [6.07, 6.45) is 3.19. The molecule has 1 aromatic rings. The average molecular weight is 258 g/mol. The van der Waals surface area contributed by atoms with Gasteiger partial charge in [-0.05, 0) is 36.6 Å². The second kappa shape index (κ2) is 8.61. The van der Waals surface area contributed by atoms with Crippen LogP contribution in [-0.2, 0) is 0 Å². The van der Waals surface area contributed by atoms with Crippen molar-refractivity contribution < 1.29 is 0 Å². The summed E-state index contributed by atoms with van der Waals surface area (Å²) in [6, 6.07) is 8.45. The zero-order valence-corrected chi connectivity index (χ0v) is 12.4. The van der Waals surface area contributed by atoms with Gasteiger partial charge in [-0.3, -0.25) is 0 Å². The number of benzene rings is 1. The molecule has 0 saturated heterocycles. The Kier molecular flexibility index (Phi) is 7.07. The molecule has 2 heteroatoms. The molecule has 0 aliphatic heterocycles. The highest BCUT2D eigenvalue weighted by molar-refractivity contribution is 5.48. The lowest BCUT2D eigenvalue weighted by molar-refractivity contribution is 0.457. The molecule has 2 atom stereocenters. The summed E-state index contributed by atoms with van der Waals surface area (Å²) in [7, 11) is 0. The first-order chi connectivity index (χ1) is 9.17. The van der Waals surface area contributed by atoms with Crippen molar-refractivity contribution in [2.24, 2.45) is 11.7 Å². The highest BCUT2D eigenvalue weighted by atomic mass is 14.9. The van der Waals surface area contributed by atoms with Gasteiger partial charge in [0.2, 0.25) is 0 Å². The third kappa shape index (κ3) is 5.81. The molecule has 0 aliphatic rings. The van der Waals surface area contributed by atoms with Crippen LogP contribution in [0.15, 0.2) is 24.3 Å². The molecule has 19 heavy (non-hydrogen) atoms. The van der Waals surface area contributed by atoms with Crippen LogP contribution in [0.4, 0.5) is 5.69 Å². The number of nitrogens with one attached hydrogen (secondary N) is 1. The highest BCUT2D eigenvalue weighted by Crippen LogP contribution is 2.11. The van der Waals surface area contributed by atoms with Crippen molar-refractivity contribution in [2.75, 3.05) is 11.9 Å². The second-order valence-corrected chi connectivity index (χ2v) is 5.06. The molecule has 0 heterocycles. The fourth-order valence-electron chi connectivity index (χ4n) is 1.70. The van der Waals surface area contributed by atoms with Gasteiger partial charge in [0.1, 0.15) is 0 Å². The van der Waals surface area contributed by atoms with Crippen LogP contribution in [0.2, 0.25) is 0 Å². The molecule has 0 bridgehead atoms. The highest BCUT2D eigenvalue weighted by Gasteiger charge is 2.09. The van der Waals surface area contributed by atoms with E-state index in [-0.39, 0.29) is 6.04 Å². The quantitative estimate of drug-likeness (QED) is 0.765. The Morgan fingerprint density at radius 1 is 1.21 bits per heavy atom. The number of hydrogen-bond donors (Lipinski definition) is 2. The minimum Gasteiger partial charge on any atom is -0.383 e. The molecule has 0 amide bonds. The SMILES string of the molecule is CCCC#Cc1ccc(NC[C@@H](N)[C@@H](C)CC)cc1. The van der Waals surface area contributed by atoms with Crippen LogP contribution >= 0.6 is 0 Å². The summed E-state index contributed by atoms with van der Waals surface area (Å²) in [6.45, 7) is 7.32. The van der Waals surface area contributed by atoms with E-state index < -0.39 is 0 Å². The fraction of sp³-hybridized carbons (Fsp3) is 0.529. The van der Waals surface area contributed by atoms with Gasteiger partial charge in [0.25, 0.3) is 0 Å². The molecule has 104 valence electrons. The van der Waals surface area contributed by atoms with Crippen molar-refractivity contribution in [3.05, 3.63) is 29.8 Å². The molecular weight excluding hydrogens is 232 g/mol. The summed E-state index contributed by atoms with van der Waals surface area (Å²) in [5.41, 5.74) is 8.29. The van der Waals surface area contributed by atoms with E-state index in [9.17, 15) is 0 Å². The van der Waals surface area contributed by atoms with Gasteiger partial charge in [-0.15, -0.1) is 0 Å². The number of rotatable bonds is 6. The third-order valence-corrected chi connectivity index (χ3v) is 3.41. The molecule has 0 unspecified atom stereocenters. The van der Waals surface area contributed by atoms with E-state index in [1.165, 1.54) is 0 Å². The topological polar surface area (TPSA) is 38.0 Å². The van der Waals surface area contributed by atoms with E-state index >= 15 is 0 Å². The van der Waals surface area contributed by atoms with Crippen LogP contribution in [0, 0.1) is 17.8 Å². The zero-order chi connectivity index (χ0) is 14.1. The minimum atomic E-state index is 0.203. The molecule has 2 nitrogen and oxygen atoms in total. The van der Waals surface area contributed by atoms with Crippen LogP contribution in [0.3, 0.4) is 0 Å². The maximum atomic E-state index is 6.10. The van der Waals surface area contributed by atoms with Gasteiger partial charge in [0, 0.05) is 30.3 Å². The van der Waals surface area contributed by atoms with Crippen molar-refractivity contribution in [3.8, 4) is 11.8 Å². The molecule has 3 N–H and O–H groups in total. The Morgan fingerprint density at radius 2 is 1.89 bits per heavy atom. The number of hydrogen-bond acceptors (Lipinski definition) is 2. The first-order valence-electron chi connectivity index (χ1n) is 7.25. The summed E-state index contributed by atoms with van der Waals surface area (Å²) >= 11 is 0. The number of unbranched alkanes of at least 4 members (excludes halogenated alkanes) is 1. The molecule has 0 fully saturated rings. The first-order valence-corrected chi connectivity index (χ1v) is 7.25. The van der Waals surface area contributed by atoms with E-state index in [2.05, 4.69) is 62.2 Å². The van der Waals surface area contributed by atoms with E-state index in [1.807, 2.05) is 0 Å². The van der Waals surface area contributed by atoms with Gasteiger partial charge >= 0.3 is 0 Å². The van der Waals surface area contributed by atoms with E-state index in [1.54, 1.807) is 0 Å². The second-order valence-electron chi connectivity index (χ2n) is 5.06. The van der Waals surface area contributed by atoms with Crippen LogP contribution in [0.25, 0.3) is 0 Å². The summed E-state index contributed by atoms with van der Waals surface area (Å²) < 4.78 is 0. The van der Waals surface area contributed by atoms with Gasteiger partial charge in [0.05, 0.1) is 0 Å². The maximum absolute atomic E-state index is 6.10. The minimum absolute atomic E-state index is 0.203. The van der Waals surface area contributed by atoms with Gasteiger partial charge in [0.15, 0.2) is 0 Å². The summed E-state index contributed by atoms with van der Waals surface area (Å²) in [5, 5.41) is 3.38. The van der Waals surface area contributed by atoms with E-state index in [0.29, 0.717) is 5.92 Å². The smallest absolute Gasteiger partial charge is 0.0341 e. The molecule has 0 saturated carbocycles. The molecule has 0 aliphatic carbocycles. The lowest BCUT2D eigenvalue weighted by Gasteiger charge is -2.19. The normalized spacial score (nSPS) is 13.3. The van der Waals surface area contributed by atoms with Crippen LogP contribution in [-0.4, -0.2) is 12.6 Å². The lowest BCUT2D eigenvalue weighted by atomic mass is 10.00. The largest absolute Gasteiger partial charge is 0.383 e. The Bertz CT molecular complexity index is 411. The Morgan fingerprint density at radius 3 is 2.47 bits per heavy atom. The lowest BCUT2D eigenvalue weighted by Crippen LogP contribution is -2.35. The van der Waals surface area contributed by atoms with Gasteiger partial charge < -0.3 is 11.1 Å². The Balaban J connectivity index is 2.47.